The first-order valence-electron chi connectivity index (χ1n) is 8.85. The number of fused-ring (bicyclic) bond motifs is 1. The van der Waals surface area contributed by atoms with E-state index in [-0.39, 0.29) is 11.5 Å². The van der Waals surface area contributed by atoms with Crippen LogP contribution in [0.2, 0.25) is 0 Å². The molecule has 0 aliphatic rings. The smallest absolute Gasteiger partial charge is 0.262 e. The predicted molar refractivity (Wildman–Crippen MR) is 107 cm³/mol. The molecule has 0 aliphatic carbocycles. The van der Waals surface area contributed by atoms with E-state index >= 15 is 0 Å². The molecular weight excluding hydrogens is 346 g/mol. The van der Waals surface area contributed by atoms with Gasteiger partial charge >= 0.3 is 0 Å². The normalized spacial score (nSPS) is 12.3. The number of anilines is 1. The highest BCUT2D eigenvalue weighted by molar-refractivity contribution is 7.18. The number of nitrogens with one attached hydrogen (secondary N) is 1. The molecule has 1 aromatic carbocycles. The second-order valence-electron chi connectivity index (χ2n) is 6.36. The number of aromatic nitrogens is 2. The van der Waals surface area contributed by atoms with Gasteiger partial charge in [-0.2, -0.15) is 0 Å². The molecule has 136 valence electrons. The minimum Gasteiger partial charge on any atom is -0.324 e. The third-order valence-electron chi connectivity index (χ3n) is 4.64. The van der Waals surface area contributed by atoms with Crippen LogP contribution in [0.1, 0.15) is 42.8 Å². The zero-order valence-electron chi connectivity index (χ0n) is 15.5. The van der Waals surface area contributed by atoms with Crippen LogP contribution >= 0.6 is 11.3 Å². The summed E-state index contributed by atoms with van der Waals surface area (Å²) in [5, 5.41) is 3.60. The average Bonchev–Trinajstić information content (AvgIpc) is 3.03. The highest BCUT2D eigenvalue weighted by atomic mass is 32.1. The number of thiophene rings is 1. The Morgan fingerprint density at radius 2 is 1.92 bits per heavy atom. The molecule has 0 spiro atoms. The third kappa shape index (κ3) is 3.29. The van der Waals surface area contributed by atoms with Gasteiger partial charge in [0, 0.05) is 10.6 Å². The molecule has 1 N–H and O–H groups in total. The standard InChI is InChI=1S/C20H23N3O2S/c1-5-14-8-7-9-15(6-2)17(14)22-18(24)13(4)23-11-21-19-16(20(23)25)10-12(3)26-19/h7-11,13H,5-6H2,1-4H3,(H,22,24)/t13-/m1/s1. The summed E-state index contributed by atoms with van der Waals surface area (Å²) in [7, 11) is 0. The molecule has 26 heavy (non-hydrogen) atoms. The molecule has 3 rings (SSSR count). The van der Waals surface area contributed by atoms with Gasteiger partial charge in [-0.1, -0.05) is 32.0 Å². The molecule has 0 bridgehead atoms. The summed E-state index contributed by atoms with van der Waals surface area (Å²) in [5.74, 6) is -0.212. The lowest BCUT2D eigenvalue weighted by molar-refractivity contribution is -0.118. The zero-order valence-corrected chi connectivity index (χ0v) is 16.3. The highest BCUT2D eigenvalue weighted by Crippen LogP contribution is 2.24. The van der Waals surface area contributed by atoms with Crippen molar-refractivity contribution in [2.45, 2.75) is 46.6 Å². The summed E-state index contributed by atoms with van der Waals surface area (Å²) in [5.41, 5.74) is 2.88. The number of carbonyl (C=O) groups is 1. The Morgan fingerprint density at radius 1 is 1.27 bits per heavy atom. The van der Waals surface area contributed by atoms with Crippen LogP contribution in [0.3, 0.4) is 0 Å². The lowest BCUT2D eigenvalue weighted by atomic mass is 10.0. The molecule has 3 aromatic rings. The van der Waals surface area contributed by atoms with E-state index in [4.69, 9.17) is 0 Å². The number of para-hydroxylation sites is 1. The highest BCUT2D eigenvalue weighted by Gasteiger charge is 2.20. The van der Waals surface area contributed by atoms with Crippen LogP contribution in [-0.2, 0) is 17.6 Å². The third-order valence-corrected chi connectivity index (χ3v) is 5.60. The summed E-state index contributed by atoms with van der Waals surface area (Å²) in [4.78, 5) is 31.7. The van der Waals surface area contributed by atoms with Gasteiger partial charge in [-0.15, -0.1) is 11.3 Å². The number of carbonyl (C=O) groups excluding carboxylic acids is 1. The van der Waals surface area contributed by atoms with Crippen molar-refractivity contribution in [2.75, 3.05) is 5.32 Å². The summed E-state index contributed by atoms with van der Waals surface area (Å²) in [6, 6.07) is 7.24. The van der Waals surface area contributed by atoms with Crippen LogP contribution < -0.4 is 10.9 Å². The summed E-state index contributed by atoms with van der Waals surface area (Å²) >= 11 is 1.48. The molecule has 0 radical (unpaired) electrons. The van der Waals surface area contributed by atoms with Crippen molar-refractivity contribution in [2.24, 2.45) is 0 Å². The Labute approximate surface area is 156 Å². The lowest BCUT2D eigenvalue weighted by Gasteiger charge is -2.18. The first kappa shape index (κ1) is 18.3. The predicted octanol–water partition coefficient (Wildman–Crippen LogP) is 4.09. The Kier molecular flexibility index (Phi) is 5.23. The van der Waals surface area contributed by atoms with E-state index < -0.39 is 6.04 Å². The molecule has 2 aromatic heterocycles. The van der Waals surface area contributed by atoms with Gasteiger partial charge in [0.2, 0.25) is 5.91 Å². The Morgan fingerprint density at radius 3 is 2.54 bits per heavy atom. The van der Waals surface area contributed by atoms with Gasteiger partial charge < -0.3 is 5.32 Å². The fourth-order valence-electron chi connectivity index (χ4n) is 3.09. The van der Waals surface area contributed by atoms with E-state index in [1.807, 2.05) is 31.2 Å². The molecule has 2 heterocycles. The van der Waals surface area contributed by atoms with Crippen molar-refractivity contribution in [3.05, 3.63) is 57.0 Å². The zero-order chi connectivity index (χ0) is 18.8. The molecule has 6 heteroatoms. The Balaban J connectivity index is 1.94. The van der Waals surface area contributed by atoms with Gasteiger partial charge in [-0.25, -0.2) is 4.98 Å². The van der Waals surface area contributed by atoms with E-state index in [2.05, 4.69) is 24.1 Å². The van der Waals surface area contributed by atoms with E-state index in [9.17, 15) is 9.59 Å². The van der Waals surface area contributed by atoms with Gasteiger partial charge in [0.25, 0.3) is 5.56 Å². The molecular formula is C20H23N3O2S. The maximum Gasteiger partial charge on any atom is 0.262 e. The van der Waals surface area contributed by atoms with Crippen LogP contribution in [0.4, 0.5) is 5.69 Å². The first-order valence-corrected chi connectivity index (χ1v) is 9.66. The quantitative estimate of drug-likeness (QED) is 0.737. The number of benzene rings is 1. The van der Waals surface area contributed by atoms with E-state index in [0.717, 1.165) is 34.5 Å². The Bertz CT molecular complexity index is 997. The number of rotatable bonds is 5. The fraction of sp³-hybridized carbons (Fsp3) is 0.350. The van der Waals surface area contributed by atoms with Crippen molar-refractivity contribution in [3.8, 4) is 0 Å². The van der Waals surface area contributed by atoms with E-state index in [0.29, 0.717) is 10.2 Å². The van der Waals surface area contributed by atoms with Crippen molar-refractivity contribution in [1.82, 2.24) is 9.55 Å². The van der Waals surface area contributed by atoms with Crippen LogP contribution in [0.15, 0.2) is 35.4 Å². The van der Waals surface area contributed by atoms with Crippen molar-refractivity contribution in [1.29, 1.82) is 0 Å². The fourth-order valence-corrected chi connectivity index (χ4v) is 3.93. The lowest BCUT2D eigenvalue weighted by Crippen LogP contribution is -2.32. The number of hydrogen-bond acceptors (Lipinski definition) is 4. The van der Waals surface area contributed by atoms with Crippen LogP contribution in [-0.4, -0.2) is 15.5 Å². The largest absolute Gasteiger partial charge is 0.324 e. The average molecular weight is 369 g/mol. The van der Waals surface area contributed by atoms with Crippen LogP contribution in [0, 0.1) is 6.92 Å². The minimum absolute atomic E-state index is 0.179. The number of hydrogen-bond donors (Lipinski definition) is 1. The topological polar surface area (TPSA) is 64.0 Å². The van der Waals surface area contributed by atoms with Crippen LogP contribution in [0.25, 0.3) is 10.2 Å². The molecule has 0 unspecified atom stereocenters. The first-order chi connectivity index (χ1) is 12.5. The minimum atomic E-state index is -0.644. The summed E-state index contributed by atoms with van der Waals surface area (Å²) < 4.78 is 1.41. The number of nitrogens with zero attached hydrogens (tertiary/aromatic N) is 2. The second-order valence-corrected chi connectivity index (χ2v) is 7.59. The maximum atomic E-state index is 12.8. The van der Waals surface area contributed by atoms with Crippen LogP contribution in [0.5, 0.6) is 0 Å². The van der Waals surface area contributed by atoms with Gasteiger partial charge in [0.05, 0.1) is 11.7 Å². The summed E-state index contributed by atoms with van der Waals surface area (Å²) in [6.07, 6.45) is 3.14. The molecule has 0 fully saturated rings. The SMILES string of the molecule is CCc1cccc(CC)c1NC(=O)[C@@H](C)n1cnc2sc(C)cc2c1=O. The Hall–Kier alpha value is -2.47. The molecule has 0 saturated heterocycles. The van der Waals surface area contributed by atoms with Gasteiger partial charge in [-0.05, 0) is 43.9 Å². The second kappa shape index (κ2) is 7.41. The molecule has 0 aliphatic heterocycles. The molecule has 1 amide bonds. The van der Waals surface area contributed by atoms with Crippen molar-refractivity contribution in [3.63, 3.8) is 0 Å². The number of aryl methyl sites for hydroxylation is 3. The number of amides is 1. The monoisotopic (exact) mass is 369 g/mol. The van der Waals surface area contributed by atoms with Gasteiger partial charge in [-0.3, -0.25) is 14.2 Å². The molecule has 0 saturated carbocycles. The molecule has 1 atom stereocenters. The van der Waals surface area contributed by atoms with Crippen molar-refractivity contribution >= 4 is 33.1 Å². The van der Waals surface area contributed by atoms with Crippen molar-refractivity contribution < 1.29 is 4.79 Å². The van der Waals surface area contributed by atoms with Gasteiger partial charge in [0.1, 0.15) is 10.9 Å². The maximum absolute atomic E-state index is 12.8. The van der Waals surface area contributed by atoms with Gasteiger partial charge in [0.15, 0.2) is 0 Å². The van der Waals surface area contributed by atoms with E-state index in [1.54, 1.807) is 6.92 Å². The van der Waals surface area contributed by atoms with E-state index in [1.165, 1.54) is 22.2 Å². The summed E-state index contributed by atoms with van der Waals surface area (Å²) in [6.45, 7) is 7.80. The molecule has 5 nitrogen and oxygen atoms in total.